The molecular formula is C16H19NO. The first-order chi connectivity index (χ1) is 8.42. The summed E-state index contributed by atoms with van der Waals surface area (Å²) in [5.41, 5.74) is 2.32. The van der Waals surface area contributed by atoms with Crippen LogP contribution in [0.3, 0.4) is 0 Å². The van der Waals surface area contributed by atoms with E-state index in [1.165, 1.54) is 0 Å². The van der Waals surface area contributed by atoms with Gasteiger partial charge in [-0.1, -0.05) is 19.1 Å². The number of benzene rings is 1. The minimum atomic E-state index is -0.744. The van der Waals surface area contributed by atoms with Crippen LogP contribution in [0.15, 0.2) is 30.3 Å². The van der Waals surface area contributed by atoms with Crippen molar-refractivity contribution < 1.29 is 5.11 Å². The maximum atomic E-state index is 10.8. The second-order valence-electron chi connectivity index (χ2n) is 5.99. The maximum Gasteiger partial charge on any atom is 0.0922 e. The fraction of sp³-hybridized carbons (Fsp3) is 0.438. The summed E-state index contributed by atoms with van der Waals surface area (Å²) in [7, 11) is 0. The number of pyridine rings is 1. The summed E-state index contributed by atoms with van der Waals surface area (Å²) in [6.07, 6.45) is 2.20. The second kappa shape index (κ2) is 3.55. The molecule has 1 atom stereocenters. The normalized spacial score (nSPS) is 20.7. The van der Waals surface area contributed by atoms with Crippen LogP contribution < -0.4 is 0 Å². The summed E-state index contributed by atoms with van der Waals surface area (Å²) in [5, 5.41) is 11.9. The molecule has 1 unspecified atom stereocenters. The van der Waals surface area contributed by atoms with Crippen molar-refractivity contribution in [1.82, 2.24) is 4.98 Å². The Morgan fingerprint density at radius 3 is 2.61 bits per heavy atom. The lowest BCUT2D eigenvalue weighted by Crippen LogP contribution is -2.31. The van der Waals surface area contributed by atoms with E-state index >= 15 is 0 Å². The predicted molar refractivity (Wildman–Crippen MR) is 73.4 cm³/mol. The molecule has 2 aromatic rings. The Morgan fingerprint density at radius 2 is 1.94 bits per heavy atom. The van der Waals surface area contributed by atoms with E-state index in [0.717, 1.165) is 35.0 Å². The summed E-state index contributed by atoms with van der Waals surface area (Å²) in [5.74, 6) is 0. The molecule has 1 saturated carbocycles. The Morgan fingerprint density at radius 1 is 1.22 bits per heavy atom. The SMILES string of the molecule is Cc1ccc2cc(C(C)(O)C3(C)CC3)ccc2n1. The summed E-state index contributed by atoms with van der Waals surface area (Å²) < 4.78 is 0. The highest BCUT2D eigenvalue weighted by molar-refractivity contribution is 5.79. The van der Waals surface area contributed by atoms with Crippen LogP contribution in [0.1, 0.15) is 37.9 Å². The van der Waals surface area contributed by atoms with E-state index < -0.39 is 5.60 Å². The molecule has 1 aromatic carbocycles. The quantitative estimate of drug-likeness (QED) is 0.872. The number of aryl methyl sites for hydroxylation is 1. The molecule has 0 radical (unpaired) electrons. The van der Waals surface area contributed by atoms with Crippen molar-refractivity contribution in [3.63, 3.8) is 0 Å². The Labute approximate surface area is 108 Å². The zero-order valence-electron chi connectivity index (χ0n) is 11.2. The Kier molecular flexibility index (Phi) is 2.30. The molecule has 2 nitrogen and oxygen atoms in total. The average molecular weight is 241 g/mol. The van der Waals surface area contributed by atoms with Gasteiger partial charge >= 0.3 is 0 Å². The van der Waals surface area contributed by atoms with E-state index in [0.29, 0.717) is 0 Å². The van der Waals surface area contributed by atoms with Crippen LogP contribution in [-0.4, -0.2) is 10.1 Å². The number of rotatable bonds is 2. The van der Waals surface area contributed by atoms with Crippen molar-refractivity contribution in [2.24, 2.45) is 5.41 Å². The van der Waals surface area contributed by atoms with Gasteiger partial charge in [0.2, 0.25) is 0 Å². The Hall–Kier alpha value is -1.41. The molecule has 1 aromatic heterocycles. The smallest absolute Gasteiger partial charge is 0.0922 e. The van der Waals surface area contributed by atoms with Crippen molar-refractivity contribution >= 4 is 10.9 Å². The minimum absolute atomic E-state index is 0.0405. The Balaban J connectivity index is 2.11. The van der Waals surface area contributed by atoms with Gasteiger partial charge in [0.25, 0.3) is 0 Å². The minimum Gasteiger partial charge on any atom is -0.385 e. The highest BCUT2D eigenvalue weighted by atomic mass is 16.3. The van der Waals surface area contributed by atoms with E-state index in [1.807, 2.05) is 32.0 Å². The molecule has 3 rings (SSSR count). The van der Waals surface area contributed by atoms with Crippen LogP contribution in [0.5, 0.6) is 0 Å². The van der Waals surface area contributed by atoms with Crippen LogP contribution >= 0.6 is 0 Å². The summed E-state index contributed by atoms with van der Waals surface area (Å²) >= 11 is 0. The van der Waals surface area contributed by atoms with Crippen LogP contribution in [0, 0.1) is 12.3 Å². The monoisotopic (exact) mass is 241 g/mol. The number of hydrogen-bond donors (Lipinski definition) is 1. The lowest BCUT2D eigenvalue weighted by atomic mass is 9.81. The zero-order chi connectivity index (χ0) is 13.0. The topological polar surface area (TPSA) is 33.1 Å². The van der Waals surface area contributed by atoms with E-state index in [2.05, 4.69) is 24.0 Å². The molecular weight excluding hydrogens is 222 g/mol. The number of aromatic nitrogens is 1. The lowest BCUT2D eigenvalue weighted by Gasteiger charge is -2.31. The van der Waals surface area contributed by atoms with E-state index in [4.69, 9.17) is 0 Å². The molecule has 1 heterocycles. The van der Waals surface area contributed by atoms with E-state index in [9.17, 15) is 5.11 Å². The Bertz CT molecular complexity index is 612. The van der Waals surface area contributed by atoms with Gasteiger partial charge in [0.1, 0.15) is 0 Å². The molecule has 0 amide bonds. The second-order valence-corrected chi connectivity index (χ2v) is 5.99. The van der Waals surface area contributed by atoms with Gasteiger partial charge in [-0.2, -0.15) is 0 Å². The van der Waals surface area contributed by atoms with Crippen LogP contribution in [-0.2, 0) is 5.60 Å². The van der Waals surface area contributed by atoms with Gasteiger partial charge in [-0.05, 0) is 50.5 Å². The lowest BCUT2D eigenvalue weighted by molar-refractivity contribution is -0.0125. The fourth-order valence-corrected chi connectivity index (χ4v) is 2.55. The molecule has 1 aliphatic carbocycles. The summed E-state index contributed by atoms with van der Waals surface area (Å²) in [6, 6.07) is 10.2. The molecule has 0 aliphatic heterocycles. The zero-order valence-corrected chi connectivity index (χ0v) is 11.2. The van der Waals surface area contributed by atoms with Crippen molar-refractivity contribution in [3.05, 3.63) is 41.6 Å². The molecule has 0 bridgehead atoms. The molecule has 0 saturated heterocycles. The molecule has 0 spiro atoms. The maximum absolute atomic E-state index is 10.8. The predicted octanol–water partition coefficient (Wildman–Crippen LogP) is 3.55. The first-order valence-electron chi connectivity index (χ1n) is 6.53. The molecule has 1 fully saturated rings. The van der Waals surface area contributed by atoms with Crippen LogP contribution in [0.4, 0.5) is 0 Å². The average Bonchev–Trinajstić information content (AvgIpc) is 3.08. The number of aliphatic hydroxyl groups is 1. The molecule has 2 heteroatoms. The van der Waals surface area contributed by atoms with Gasteiger partial charge in [-0.3, -0.25) is 4.98 Å². The van der Waals surface area contributed by atoms with Gasteiger partial charge in [0, 0.05) is 16.5 Å². The first-order valence-corrected chi connectivity index (χ1v) is 6.53. The van der Waals surface area contributed by atoms with Gasteiger partial charge < -0.3 is 5.11 Å². The van der Waals surface area contributed by atoms with Gasteiger partial charge in [-0.25, -0.2) is 0 Å². The van der Waals surface area contributed by atoms with Crippen molar-refractivity contribution in [2.75, 3.05) is 0 Å². The van der Waals surface area contributed by atoms with Gasteiger partial charge in [-0.15, -0.1) is 0 Å². The molecule has 1 N–H and O–H groups in total. The third-order valence-corrected chi connectivity index (χ3v) is 4.57. The summed E-state index contributed by atoms with van der Waals surface area (Å²) in [4.78, 5) is 4.49. The first kappa shape index (κ1) is 11.7. The summed E-state index contributed by atoms with van der Waals surface area (Å²) in [6.45, 7) is 6.09. The van der Waals surface area contributed by atoms with Crippen molar-refractivity contribution in [3.8, 4) is 0 Å². The van der Waals surface area contributed by atoms with Crippen molar-refractivity contribution in [1.29, 1.82) is 0 Å². The highest BCUT2D eigenvalue weighted by Gasteiger charge is 2.53. The molecule has 1 aliphatic rings. The molecule has 18 heavy (non-hydrogen) atoms. The number of hydrogen-bond acceptors (Lipinski definition) is 2. The van der Waals surface area contributed by atoms with Gasteiger partial charge in [0.05, 0.1) is 11.1 Å². The fourth-order valence-electron chi connectivity index (χ4n) is 2.55. The van der Waals surface area contributed by atoms with E-state index in [1.54, 1.807) is 0 Å². The third kappa shape index (κ3) is 1.64. The number of fused-ring (bicyclic) bond motifs is 1. The van der Waals surface area contributed by atoms with Gasteiger partial charge in [0.15, 0.2) is 0 Å². The highest BCUT2D eigenvalue weighted by Crippen LogP contribution is 2.57. The van der Waals surface area contributed by atoms with Crippen LogP contribution in [0.25, 0.3) is 10.9 Å². The van der Waals surface area contributed by atoms with Crippen molar-refractivity contribution in [2.45, 2.75) is 39.2 Å². The largest absolute Gasteiger partial charge is 0.385 e. The van der Waals surface area contributed by atoms with E-state index in [-0.39, 0.29) is 5.41 Å². The number of nitrogens with zero attached hydrogens (tertiary/aromatic N) is 1. The third-order valence-electron chi connectivity index (χ3n) is 4.57. The molecule has 94 valence electrons. The van der Waals surface area contributed by atoms with Crippen LogP contribution in [0.2, 0.25) is 0 Å². The standard InChI is InChI=1S/C16H19NO/c1-11-4-5-12-10-13(6-7-14(12)17-11)16(3,18)15(2)8-9-15/h4-7,10,18H,8-9H2,1-3H3.